The van der Waals surface area contributed by atoms with Crippen molar-refractivity contribution in [2.24, 2.45) is 0 Å². The third kappa shape index (κ3) is 4.11. The van der Waals surface area contributed by atoms with Crippen molar-refractivity contribution < 1.29 is 13.9 Å². The van der Waals surface area contributed by atoms with Gasteiger partial charge in [-0.15, -0.1) is 0 Å². The molecule has 0 bridgehead atoms. The van der Waals surface area contributed by atoms with E-state index in [1.165, 1.54) is 0 Å². The van der Waals surface area contributed by atoms with Crippen LogP contribution in [0.3, 0.4) is 0 Å². The van der Waals surface area contributed by atoms with E-state index in [0.717, 1.165) is 69.6 Å². The predicted molar refractivity (Wildman–Crippen MR) is 106 cm³/mol. The molecule has 0 aromatic carbocycles. The summed E-state index contributed by atoms with van der Waals surface area (Å²) in [5, 5.41) is 3.14. The summed E-state index contributed by atoms with van der Waals surface area (Å²) in [6.45, 7) is 8.58. The molecule has 0 aliphatic carbocycles. The van der Waals surface area contributed by atoms with Crippen LogP contribution < -0.4 is 15.1 Å². The molecule has 2 aromatic heterocycles. The van der Waals surface area contributed by atoms with Crippen molar-refractivity contribution in [3.63, 3.8) is 0 Å². The molecule has 1 amide bonds. The normalized spacial score (nSPS) is 18.4. The van der Waals surface area contributed by atoms with Gasteiger partial charge >= 0.3 is 0 Å². The van der Waals surface area contributed by atoms with Crippen LogP contribution in [0.2, 0.25) is 0 Å². The van der Waals surface area contributed by atoms with Crippen LogP contribution in [0.5, 0.6) is 0 Å². The van der Waals surface area contributed by atoms with E-state index in [2.05, 4.69) is 31.2 Å². The van der Waals surface area contributed by atoms with Crippen LogP contribution in [-0.2, 0) is 4.74 Å². The molecule has 2 saturated heterocycles. The first-order valence-electron chi connectivity index (χ1n) is 9.88. The number of amides is 1. The summed E-state index contributed by atoms with van der Waals surface area (Å²) in [6.07, 6.45) is 3.41. The van der Waals surface area contributed by atoms with Crippen LogP contribution >= 0.6 is 0 Å². The Morgan fingerprint density at radius 3 is 2.29 bits per heavy atom. The number of hydrogen-bond acceptors (Lipinski definition) is 7. The number of rotatable bonds is 4. The summed E-state index contributed by atoms with van der Waals surface area (Å²) < 4.78 is 10.9. The van der Waals surface area contributed by atoms with E-state index < -0.39 is 0 Å². The molecule has 0 atom stereocenters. The smallest absolute Gasteiger partial charge is 0.255 e. The molecule has 2 aliphatic heterocycles. The third-order valence-electron chi connectivity index (χ3n) is 5.41. The van der Waals surface area contributed by atoms with Crippen molar-refractivity contribution in [1.29, 1.82) is 0 Å². The number of ether oxygens (including phenoxy) is 1. The molecule has 2 aromatic rings. The summed E-state index contributed by atoms with van der Waals surface area (Å²) >= 11 is 0. The van der Waals surface area contributed by atoms with Crippen LogP contribution in [0.1, 0.15) is 34.7 Å². The minimum absolute atomic E-state index is 0.0514. The molecule has 8 heteroatoms. The van der Waals surface area contributed by atoms with Gasteiger partial charge in [-0.3, -0.25) is 4.79 Å². The van der Waals surface area contributed by atoms with Gasteiger partial charge < -0.3 is 24.3 Å². The van der Waals surface area contributed by atoms with E-state index in [-0.39, 0.29) is 11.9 Å². The van der Waals surface area contributed by atoms with Gasteiger partial charge in [-0.25, -0.2) is 9.97 Å². The van der Waals surface area contributed by atoms with Crippen molar-refractivity contribution in [2.75, 3.05) is 49.2 Å². The number of aryl methyl sites for hydroxylation is 2. The molecule has 150 valence electrons. The molecular formula is C20H27N5O3. The van der Waals surface area contributed by atoms with Gasteiger partial charge in [-0.1, -0.05) is 0 Å². The number of carbonyl (C=O) groups is 1. The Morgan fingerprint density at radius 1 is 1.04 bits per heavy atom. The molecule has 1 N–H and O–H groups in total. The fourth-order valence-corrected chi connectivity index (χ4v) is 3.85. The molecule has 0 spiro atoms. The molecule has 4 rings (SSSR count). The van der Waals surface area contributed by atoms with Crippen LogP contribution in [0.25, 0.3) is 0 Å². The monoisotopic (exact) mass is 385 g/mol. The molecule has 0 saturated carbocycles. The van der Waals surface area contributed by atoms with Gasteiger partial charge in [-0.05, 0) is 32.8 Å². The zero-order chi connectivity index (χ0) is 19.5. The number of nitrogens with zero attached hydrogens (tertiary/aromatic N) is 4. The summed E-state index contributed by atoms with van der Waals surface area (Å²) in [5.74, 6) is 3.28. The Morgan fingerprint density at radius 2 is 1.68 bits per heavy atom. The lowest BCUT2D eigenvalue weighted by molar-refractivity contribution is 0.0929. The van der Waals surface area contributed by atoms with Crippen molar-refractivity contribution in [3.05, 3.63) is 35.5 Å². The van der Waals surface area contributed by atoms with E-state index in [9.17, 15) is 4.79 Å². The zero-order valence-corrected chi connectivity index (χ0v) is 16.5. The van der Waals surface area contributed by atoms with Crippen LogP contribution in [-0.4, -0.2) is 61.3 Å². The highest BCUT2D eigenvalue weighted by atomic mass is 16.5. The van der Waals surface area contributed by atoms with Gasteiger partial charge in [-0.2, -0.15) is 0 Å². The SMILES string of the molecule is Cc1cc(C(=O)NC2CCN(c3cc(N4CCOCC4)ncn3)CC2)c(C)o1. The number of aromatic nitrogens is 2. The summed E-state index contributed by atoms with van der Waals surface area (Å²) in [6, 6.07) is 4.02. The van der Waals surface area contributed by atoms with E-state index >= 15 is 0 Å². The molecule has 0 radical (unpaired) electrons. The standard InChI is InChI=1S/C20H27N5O3/c1-14-11-17(15(2)28-14)20(26)23-16-3-5-24(6-4-16)18-12-19(22-13-21-18)25-7-9-27-10-8-25/h11-13,16H,3-10H2,1-2H3,(H,23,26). The van der Waals surface area contributed by atoms with E-state index in [4.69, 9.17) is 9.15 Å². The lowest BCUT2D eigenvalue weighted by Crippen LogP contribution is -2.45. The highest BCUT2D eigenvalue weighted by Gasteiger charge is 2.24. The Balaban J connectivity index is 1.34. The van der Waals surface area contributed by atoms with Gasteiger partial charge in [0.15, 0.2) is 0 Å². The van der Waals surface area contributed by atoms with Gasteiger partial charge in [0, 0.05) is 38.3 Å². The second-order valence-electron chi connectivity index (χ2n) is 7.40. The Hall–Kier alpha value is -2.61. The molecule has 4 heterocycles. The lowest BCUT2D eigenvalue weighted by Gasteiger charge is -2.34. The number of hydrogen-bond donors (Lipinski definition) is 1. The summed E-state index contributed by atoms with van der Waals surface area (Å²) in [5.41, 5.74) is 0.630. The van der Waals surface area contributed by atoms with E-state index in [1.54, 1.807) is 12.4 Å². The van der Waals surface area contributed by atoms with Crippen LogP contribution in [0, 0.1) is 13.8 Å². The maximum Gasteiger partial charge on any atom is 0.255 e. The number of furan rings is 1. The topological polar surface area (TPSA) is 83.7 Å². The number of anilines is 2. The molecule has 28 heavy (non-hydrogen) atoms. The summed E-state index contributed by atoms with van der Waals surface area (Å²) in [4.78, 5) is 25.9. The van der Waals surface area contributed by atoms with E-state index in [1.807, 2.05) is 13.8 Å². The maximum atomic E-state index is 12.5. The largest absolute Gasteiger partial charge is 0.466 e. The van der Waals surface area contributed by atoms with Crippen LogP contribution in [0.4, 0.5) is 11.6 Å². The van der Waals surface area contributed by atoms with Gasteiger partial charge in [0.25, 0.3) is 5.91 Å². The van der Waals surface area contributed by atoms with Crippen molar-refractivity contribution in [2.45, 2.75) is 32.7 Å². The number of morpholine rings is 1. The number of piperidine rings is 1. The van der Waals surface area contributed by atoms with Gasteiger partial charge in [0.2, 0.25) is 0 Å². The highest BCUT2D eigenvalue weighted by molar-refractivity contribution is 5.95. The summed E-state index contributed by atoms with van der Waals surface area (Å²) in [7, 11) is 0. The number of carbonyl (C=O) groups excluding carboxylic acids is 1. The predicted octanol–water partition coefficient (Wildman–Crippen LogP) is 1.92. The number of nitrogens with one attached hydrogen (secondary N) is 1. The Kier molecular flexibility index (Phi) is 5.47. The minimum Gasteiger partial charge on any atom is -0.466 e. The average Bonchev–Trinajstić information content (AvgIpc) is 3.07. The first-order valence-corrected chi connectivity index (χ1v) is 9.88. The fourth-order valence-electron chi connectivity index (χ4n) is 3.85. The third-order valence-corrected chi connectivity index (χ3v) is 5.41. The van der Waals surface area contributed by atoms with Gasteiger partial charge in [0.1, 0.15) is 29.5 Å². The maximum absolute atomic E-state index is 12.5. The first kappa shape index (κ1) is 18.7. The molecule has 2 aliphatic rings. The lowest BCUT2D eigenvalue weighted by atomic mass is 10.0. The van der Waals surface area contributed by atoms with E-state index in [0.29, 0.717) is 11.3 Å². The van der Waals surface area contributed by atoms with Crippen molar-refractivity contribution in [3.8, 4) is 0 Å². The molecule has 2 fully saturated rings. The Labute approximate surface area is 164 Å². The molecular weight excluding hydrogens is 358 g/mol. The second-order valence-corrected chi connectivity index (χ2v) is 7.40. The average molecular weight is 385 g/mol. The molecule has 8 nitrogen and oxygen atoms in total. The first-order chi connectivity index (χ1) is 13.6. The Bertz CT molecular complexity index is 823. The quantitative estimate of drug-likeness (QED) is 0.861. The minimum atomic E-state index is -0.0514. The zero-order valence-electron chi connectivity index (χ0n) is 16.5. The van der Waals surface area contributed by atoms with Crippen LogP contribution in [0.15, 0.2) is 22.9 Å². The fraction of sp³-hybridized carbons (Fsp3) is 0.550. The highest BCUT2D eigenvalue weighted by Crippen LogP contribution is 2.22. The molecule has 0 unspecified atom stereocenters. The van der Waals surface area contributed by atoms with Crippen molar-refractivity contribution in [1.82, 2.24) is 15.3 Å². The van der Waals surface area contributed by atoms with Gasteiger partial charge in [0.05, 0.1) is 18.8 Å². The second kappa shape index (κ2) is 8.18. The van der Waals surface area contributed by atoms with Crippen molar-refractivity contribution >= 4 is 17.5 Å².